The Morgan fingerprint density at radius 1 is 1.08 bits per heavy atom. The van der Waals surface area contributed by atoms with E-state index in [0.29, 0.717) is 17.5 Å². The summed E-state index contributed by atoms with van der Waals surface area (Å²) in [5.41, 5.74) is 1.15. The molecule has 2 aliphatic carbocycles. The second-order valence-electron chi connectivity index (χ2n) is 12.0. The van der Waals surface area contributed by atoms with E-state index < -0.39 is 5.97 Å². The van der Waals surface area contributed by atoms with Gasteiger partial charge in [0.1, 0.15) is 11.0 Å². The van der Waals surface area contributed by atoms with Crippen molar-refractivity contribution < 1.29 is 19.4 Å². The number of aromatic carboxylic acids is 1. The number of carbonyl (C=O) groups is 2. The number of ether oxygens (including phenoxy) is 1. The summed E-state index contributed by atoms with van der Waals surface area (Å²) in [6.07, 6.45) is 10.4. The first kappa shape index (κ1) is 26.7. The molecule has 0 aliphatic heterocycles. The summed E-state index contributed by atoms with van der Waals surface area (Å²) in [4.78, 5) is 33.8. The van der Waals surface area contributed by atoms with Gasteiger partial charge in [0.05, 0.1) is 5.69 Å². The van der Waals surface area contributed by atoms with Gasteiger partial charge in [-0.25, -0.2) is 14.3 Å². The van der Waals surface area contributed by atoms with Crippen molar-refractivity contribution in [3.8, 4) is 5.88 Å². The molecule has 0 spiro atoms. The lowest BCUT2D eigenvalue weighted by Crippen LogP contribution is -2.47. The molecular formula is C29H38N4O4S. The normalized spacial score (nSPS) is 24.3. The van der Waals surface area contributed by atoms with Crippen LogP contribution in [0.1, 0.15) is 93.6 Å². The molecular weight excluding hydrogens is 500 g/mol. The molecule has 3 heterocycles. The molecule has 2 fully saturated rings. The molecule has 8 nitrogen and oxygen atoms in total. The largest absolute Gasteiger partial charge is 0.477 e. The molecule has 0 saturated heterocycles. The Morgan fingerprint density at radius 3 is 2.45 bits per heavy atom. The molecule has 1 N–H and O–H groups in total. The second-order valence-corrected chi connectivity index (χ2v) is 13.0. The molecule has 5 rings (SSSR count). The summed E-state index contributed by atoms with van der Waals surface area (Å²) in [5.74, 6) is 0.274. The van der Waals surface area contributed by atoms with Crippen LogP contribution in [0, 0.1) is 11.8 Å². The van der Waals surface area contributed by atoms with Crippen LogP contribution in [0.3, 0.4) is 0 Å². The standard InChI is InChI=1S/C29H38N4O4S/c1-18-5-7-19(8-6-18)27(34)33(22-17-23(29(2,3)4)38-26(22)28(35)36)20-9-11-21(12-10-20)37-25-14-13-24-30-15-16-32(24)31-25/h13-21H,5-12H2,1-4H3,(H,35,36). The van der Waals surface area contributed by atoms with Crippen LogP contribution < -0.4 is 9.64 Å². The smallest absolute Gasteiger partial charge is 0.348 e. The van der Waals surface area contributed by atoms with Crippen molar-refractivity contribution in [3.63, 3.8) is 0 Å². The van der Waals surface area contributed by atoms with Crippen LogP contribution >= 0.6 is 11.3 Å². The number of amides is 1. The number of thiophene rings is 1. The zero-order chi connectivity index (χ0) is 27.0. The maximum absolute atomic E-state index is 14.1. The molecule has 0 bridgehead atoms. The Bertz CT molecular complexity index is 1290. The number of hydrogen-bond acceptors (Lipinski definition) is 6. The second kappa shape index (κ2) is 10.7. The predicted octanol–water partition coefficient (Wildman–Crippen LogP) is 6.34. The van der Waals surface area contributed by atoms with E-state index in [2.05, 4.69) is 37.8 Å². The van der Waals surface area contributed by atoms with Gasteiger partial charge in [-0.1, -0.05) is 27.7 Å². The van der Waals surface area contributed by atoms with Crippen molar-refractivity contribution in [1.82, 2.24) is 14.6 Å². The lowest BCUT2D eigenvalue weighted by Gasteiger charge is -2.39. The monoisotopic (exact) mass is 538 g/mol. The van der Waals surface area contributed by atoms with Crippen molar-refractivity contribution >= 4 is 34.5 Å². The van der Waals surface area contributed by atoms with Gasteiger partial charge in [0.2, 0.25) is 11.8 Å². The van der Waals surface area contributed by atoms with E-state index >= 15 is 0 Å². The van der Waals surface area contributed by atoms with Crippen LogP contribution in [0.4, 0.5) is 5.69 Å². The van der Waals surface area contributed by atoms with Gasteiger partial charge in [0.25, 0.3) is 0 Å². The fraction of sp³-hybridized carbons (Fsp3) is 0.586. The summed E-state index contributed by atoms with van der Waals surface area (Å²) in [6, 6.07) is 5.64. The van der Waals surface area contributed by atoms with Gasteiger partial charge in [0.15, 0.2) is 5.65 Å². The Morgan fingerprint density at radius 2 is 1.79 bits per heavy atom. The van der Waals surface area contributed by atoms with E-state index in [1.54, 1.807) is 16.9 Å². The minimum Gasteiger partial charge on any atom is -0.477 e. The third-order valence-electron chi connectivity index (χ3n) is 8.03. The average molecular weight is 539 g/mol. The van der Waals surface area contributed by atoms with E-state index in [9.17, 15) is 14.7 Å². The number of fused-ring (bicyclic) bond motifs is 1. The van der Waals surface area contributed by atoms with Gasteiger partial charge in [-0.3, -0.25) is 4.79 Å². The molecule has 9 heteroatoms. The summed E-state index contributed by atoms with van der Waals surface area (Å²) in [7, 11) is 0. The van der Waals surface area contributed by atoms with Crippen LogP contribution in [0.5, 0.6) is 5.88 Å². The van der Waals surface area contributed by atoms with E-state index in [4.69, 9.17) is 4.74 Å². The highest BCUT2D eigenvalue weighted by Gasteiger charge is 2.38. The lowest BCUT2D eigenvalue weighted by molar-refractivity contribution is -0.124. The summed E-state index contributed by atoms with van der Waals surface area (Å²) in [5, 5.41) is 14.6. The average Bonchev–Trinajstić information content (AvgIpc) is 3.53. The highest BCUT2D eigenvalue weighted by molar-refractivity contribution is 7.14. The minimum absolute atomic E-state index is 0.00115. The highest BCUT2D eigenvalue weighted by Crippen LogP contribution is 2.42. The van der Waals surface area contributed by atoms with Gasteiger partial charge in [0, 0.05) is 35.3 Å². The molecule has 0 unspecified atom stereocenters. The Hall–Kier alpha value is -2.94. The summed E-state index contributed by atoms with van der Waals surface area (Å²) < 4.78 is 7.91. The zero-order valence-electron chi connectivity index (χ0n) is 22.7. The maximum atomic E-state index is 14.1. The molecule has 0 aromatic carbocycles. The van der Waals surface area contributed by atoms with Crippen molar-refractivity contribution in [1.29, 1.82) is 0 Å². The first-order chi connectivity index (χ1) is 18.1. The topological polar surface area (TPSA) is 97.0 Å². The highest BCUT2D eigenvalue weighted by atomic mass is 32.1. The van der Waals surface area contributed by atoms with Gasteiger partial charge < -0.3 is 14.7 Å². The third kappa shape index (κ3) is 5.58. The molecule has 3 aromatic rings. The fourth-order valence-electron chi connectivity index (χ4n) is 5.73. The number of carboxylic acids is 1. The van der Waals surface area contributed by atoms with Gasteiger partial charge in [-0.2, -0.15) is 0 Å². The zero-order valence-corrected chi connectivity index (χ0v) is 23.5. The van der Waals surface area contributed by atoms with E-state index in [1.165, 1.54) is 11.3 Å². The summed E-state index contributed by atoms with van der Waals surface area (Å²) >= 11 is 1.30. The predicted molar refractivity (Wildman–Crippen MR) is 148 cm³/mol. The van der Waals surface area contributed by atoms with Gasteiger partial charge >= 0.3 is 5.97 Å². The Kier molecular flexibility index (Phi) is 7.49. The number of nitrogens with zero attached hydrogens (tertiary/aromatic N) is 4. The number of carbonyl (C=O) groups excluding carboxylic acids is 1. The SMILES string of the molecule is CC1CCC(C(=O)N(c2cc(C(C)(C)C)sc2C(=O)O)C2CCC(Oc3ccc4nccn4n3)CC2)CC1. The van der Waals surface area contributed by atoms with Crippen molar-refractivity contribution in [2.45, 2.75) is 96.6 Å². The Labute approximate surface area is 228 Å². The molecule has 204 valence electrons. The summed E-state index contributed by atoms with van der Waals surface area (Å²) in [6.45, 7) is 8.50. The van der Waals surface area contributed by atoms with E-state index in [1.807, 2.05) is 23.1 Å². The van der Waals surface area contributed by atoms with Gasteiger partial charge in [-0.05, 0) is 74.8 Å². The number of imidazole rings is 1. The number of hydrogen-bond donors (Lipinski definition) is 1. The number of aromatic nitrogens is 3. The van der Waals surface area contributed by atoms with Crippen LogP contribution in [-0.4, -0.2) is 43.7 Å². The quantitative estimate of drug-likeness (QED) is 0.394. The molecule has 0 atom stereocenters. The van der Waals surface area contributed by atoms with Crippen LogP contribution in [0.2, 0.25) is 0 Å². The molecule has 1 amide bonds. The Balaban J connectivity index is 1.38. The molecule has 2 saturated carbocycles. The molecule has 2 aliphatic rings. The number of carboxylic acid groups (broad SMARTS) is 1. The minimum atomic E-state index is -0.964. The van der Waals surface area contributed by atoms with E-state index in [-0.39, 0.29) is 34.3 Å². The van der Waals surface area contributed by atoms with Gasteiger partial charge in [-0.15, -0.1) is 16.4 Å². The molecule has 0 radical (unpaired) electrons. The lowest BCUT2D eigenvalue weighted by atomic mass is 9.81. The first-order valence-electron chi connectivity index (χ1n) is 13.8. The molecule has 3 aromatic heterocycles. The fourth-order valence-corrected chi connectivity index (χ4v) is 6.78. The van der Waals surface area contributed by atoms with E-state index in [0.717, 1.165) is 61.9 Å². The van der Waals surface area contributed by atoms with Crippen LogP contribution in [-0.2, 0) is 10.2 Å². The molecule has 38 heavy (non-hydrogen) atoms. The maximum Gasteiger partial charge on any atom is 0.348 e. The van der Waals surface area contributed by atoms with Crippen LogP contribution in [0.15, 0.2) is 30.6 Å². The van der Waals surface area contributed by atoms with Crippen molar-refractivity contribution in [2.24, 2.45) is 11.8 Å². The third-order valence-corrected chi connectivity index (χ3v) is 9.57. The first-order valence-corrected chi connectivity index (χ1v) is 14.6. The number of anilines is 1. The number of rotatable bonds is 6. The van der Waals surface area contributed by atoms with Crippen LogP contribution in [0.25, 0.3) is 5.65 Å². The van der Waals surface area contributed by atoms with Crippen molar-refractivity contribution in [3.05, 3.63) is 40.3 Å². The van der Waals surface area contributed by atoms with Crippen molar-refractivity contribution in [2.75, 3.05) is 4.90 Å².